The van der Waals surface area contributed by atoms with Gasteiger partial charge in [0.1, 0.15) is 0 Å². The van der Waals surface area contributed by atoms with Crippen molar-refractivity contribution >= 4 is 11.6 Å². The van der Waals surface area contributed by atoms with E-state index in [-0.39, 0.29) is 5.91 Å². The first kappa shape index (κ1) is 18.3. The van der Waals surface area contributed by atoms with Crippen molar-refractivity contribution in [3.05, 3.63) is 64.7 Å². The molecule has 0 heterocycles. The highest BCUT2D eigenvalue weighted by molar-refractivity contribution is 5.92. The van der Waals surface area contributed by atoms with E-state index in [1.54, 1.807) is 0 Å². The number of hydrogen-bond acceptors (Lipinski definition) is 1. The van der Waals surface area contributed by atoms with Crippen molar-refractivity contribution in [3.63, 3.8) is 0 Å². The third-order valence-electron chi connectivity index (χ3n) is 4.40. The Morgan fingerprint density at radius 1 is 0.917 bits per heavy atom. The van der Waals surface area contributed by atoms with Gasteiger partial charge in [0, 0.05) is 12.1 Å². The first-order valence-electron chi connectivity index (χ1n) is 8.86. The van der Waals surface area contributed by atoms with Crippen LogP contribution in [0.25, 0.3) is 0 Å². The predicted octanol–water partition coefficient (Wildman–Crippen LogP) is 5.81. The molecule has 0 aliphatic carbocycles. The molecule has 0 aliphatic heterocycles. The second-order valence-electron chi connectivity index (χ2n) is 7.15. The summed E-state index contributed by atoms with van der Waals surface area (Å²) in [6.07, 6.45) is 1.28. The van der Waals surface area contributed by atoms with Crippen molar-refractivity contribution in [2.75, 3.05) is 5.32 Å². The van der Waals surface area contributed by atoms with Crippen LogP contribution in [-0.2, 0) is 11.2 Å². The summed E-state index contributed by atoms with van der Waals surface area (Å²) in [4.78, 5) is 12.5. The van der Waals surface area contributed by atoms with Gasteiger partial charge in [-0.25, -0.2) is 0 Å². The summed E-state index contributed by atoms with van der Waals surface area (Å²) in [5.41, 5.74) is 5.89. The molecule has 0 fully saturated rings. The molecular formula is C22H29NO. The largest absolute Gasteiger partial charge is 0.326 e. The Bertz CT molecular complexity index is 657. The van der Waals surface area contributed by atoms with Crippen LogP contribution < -0.4 is 5.32 Å². The Morgan fingerprint density at radius 3 is 1.96 bits per heavy atom. The second-order valence-corrected chi connectivity index (χ2v) is 7.15. The Balaban J connectivity index is 2.11. The van der Waals surface area contributed by atoms with E-state index in [0.29, 0.717) is 18.3 Å². The molecule has 0 saturated carbocycles. The van der Waals surface area contributed by atoms with Gasteiger partial charge in [0.25, 0.3) is 0 Å². The maximum absolute atomic E-state index is 12.5. The molecule has 0 aliphatic rings. The van der Waals surface area contributed by atoms with Crippen molar-refractivity contribution in [1.82, 2.24) is 0 Å². The molecule has 0 radical (unpaired) electrons. The van der Waals surface area contributed by atoms with Gasteiger partial charge in [-0.2, -0.15) is 0 Å². The lowest BCUT2D eigenvalue weighted by Crippen LogP contribution is -2.16. The molecule has 2 rings (SSSR count). The summed E-state index contributed by atoms with van der Waals surface area (Å²) < 4.78 is 0. The summed E-state index contributed by atoms with van der Waals surface area (Å²) in [6.45, 7) is 10.7. The standard InChI is InChI=1S/C22H29NO/c1-15(2)19-7-6-8-20(16(3)4)22(19)23-21(24)14-13-18-11-9-17(5)10-12-18/h6-12,15-16H,13-14H2,1-5H3,(H,23,24). The van der Waals surface area contributed by atoms with E-state index in [9.17, 15) is 4.79 Å². The highest BCUT2D eigenvalue weighted by atomic mass is 16.1. The van der Waals surface area contributed by atoms with Crippen molar-refractivity contribution in [2.24, 2.45) is 0 Å². The molecule has 1 amide bonds. The van der Waals surface area contributed by atoms with Crippen LogP contribution in [0.15, 0.2) is 42.5 Å². The first-order valence-corrected chi connectivity index (χ1v) is 8.86. The minimum Gasteiger partial charge on any atom is -0.326 e. The SMILES string of the molecule is Cc1ccc(CCC(=O)Nc2c(C(C)C)cccc2C(C)C)cc1. The Kier molecular flexibility index (Phi) is 6.19. The Morgan fingerprint density at radius 2 is 1.46 bits per heavy atom. The average Bonchev–Trinajstić information content (AvgIpc) is 2.54. The fourth-order valence-electron chi connectivity index (χ4n) is 2.91. The van der Waals surface area contributed by atoms with Crippen molar-refractivity contribution in [3.8, 4) is 0 Å². The van der Waals surface area contributed by atoms with Gasteiger partial charge in [0.15, 0.2) is 0 Å². The zero-order valence-corrected chi connectivity index (χ0v) is 15.5. The van der Waals surface area contributed by atoms with E-state index < -0.39 is 0 Å². The van der Waals surface area contributed by atoms with E-state index in [2.05, 4.69) is 82.4 Å². The maximum Gasteiger partial charge on any atom is 0.224 e. The zero-order chi connectivity index (χ0) is 17.7. The van der Waals surface area contributed by atoms with Gasteiger partial charge in [-0.05, 0) is 41.9 Å². The number of aryl methyl sites for hydroxylation is 2. The van der Waals surface area contributed by atoms with E-state index >= 15 is 0 Å². The van der Waals surface area contributed by atoms with Gasteiger partial charge >= 0.3 is 0 Å². The molecule has 24 heavy (non-hydrogen) atoms. The lowest BCUT2D eigenvalue weighted by atomic mass is 9.92. The summed E-state index contributed by atoms with van der Waals surface area (Å²) in [5.74, 6) is 0.859. The van der Waals surface area contributed by atoms with E-state index in [1.165, 1.54) is 22.3 Å². The smallest absolute Gasteiger partial charge is 0.224 e. The fraction of sp³-hybridized carbons (Fsp3) is 0.409. The number of nitrogens with one attached hydrogen (secondary N) is 1. The Labute approximate surface area is 146 Å². The third kappa shape index (κ3) is 4.70. The lowest BCUT2D eigenvalue weighted by Gasteiger charge is -2.20. The quantitative estimate of drug-likeness (QED) is 0.713. The molecule has 0 aromatic heterocycles. The Hall–Kier alpha value is -2.09. The number of hydrogen-bond donors (Lipinski definition) is 1. The highest BCUT2D eigenvalue weighted by Crippen LogP contribution is 2.32. The molecule has 0 atom stereocenters. The molecular weight excluding hydrogens is 294 g/mol. The van der Waals surface area contributed by atoms with Crippen molar-refractivity contribution in [2.45, 2.75) is 59.3 Å². The summed E-state index contributed by atoms with van der Waals surface area (Å²) >= 11 is 0. The second kappa shape index (κ2) is 8.14. The number of para-hydroxylation sites is 1. The molecule has 2 heteroatoms. The van der Waals surface area contributed by atoms with Crippen molar-refractivity contribution < 1.29 is 4.79 Å². The number of rotatable bonds is 6. The minimum absolute atomic E-state index is 0.0885. The molecule has 128 valence electrons. The average molecular weight is 323 g/mol. The topological polar surface area (TPSA) is 29.1 Å². The fourth-order valence-corrected chi connectivity index (χ4v) is 2.91. The zero-order valence-electron chi connectivity index (χ0n) is 15.5. The minimum atomic E-state index is 0.0885. The van der Waals surface area contributed by atoms with Crippen LogP contribution in [0.5, 0.6) is 0 Å². The lowest BCUT2D eigenvalue weighted by molar-refractivity contribution is -0.116. The van der Waals surface area contributed by atoms with Crippen LogP contribution in [0.1, 0.15) is 68.2 Å². The van der Waals surface area contributed by atoms with Crippen LogP contribution in [0, 0.1) is 6.92 Å². The van der Waals surface area contributed by atoms with Crippen LogP contribution in [-0.4, -0.2) is 5.91 Å². The normalized spacial score (nSPS) is 11.1. The summed E-state index contributed by atoms with van der Waals surface area (Å²) in [5, 5.41) is 3.18. The summed E-state index contributed by atoms with van der Waals surface area (Å²) in [6, 6.07) is 14.7. The van der Waals surface area contributed by atoms with Gasteiger partial charge in [-0.3, -0.25) is 4.79 Å². The van der Waals surface area contributed by atoms with E-state index in [4.69, 9.17) is 0 Å². The molecule has 2 aromatic carbocycles. The summed E-state index contributed by atoms with van der Waals surface area (Å²) in [7, 11) is 0. The molecule has 0 spiro atoms. The van der Waals surface area contributed by atoms with Gasteiger partial charge in [0.2, 0.25) is 5.91 Å². The van der Waals surface area contributed by atoms with Crippen LogP contribution in [0.2, 0.25) is 0 Å². The number of anilines is 1. The third-order valence-corrected chi connectivity index (χ3v) is 4.40. The van der Waals surface area contributed by atoms with Crippen LogP contribution >= 0.6 is 0 Å². The highest BCUT2D eigenvalue weighted by Gasteiger charge is 2.15. The van der Waals surface area contributed by atoms with Gasteiger partial charge in [-0.15, -0.1) is 0 Å². The van der Waals surface area contributed by atoms with Crippen LogP contribution in [0.4, 0.5) is 5.69 Å². The molecule has 0 saturated heterocycles. The maximum atomic E-state index is 12.5. The van der Waals surface area contributed by atoms with Gasteiger partial charge < -0.3 is 5.32 Å². The van der Waals surface area contributed by atoms with Gasteiger partial charge in [0.05, 0.1) is 0 Å². The predicted molar refractivity (Wildman–Crippen MR) is 103 cm³/mol. The number of amides is 1. The first-order chi connectivity index (χ1) is 11.4. The number of benzene rings is 2. The van der Waals surface area contributed by atoms with Crippen molar-refractivity contribution in [1.29, 1.82) is 0 Å². The molecule has 2 aromatic rings. The van der Waals surface area contributed by atoms with Crippen LogP contribution in [0.3, 0.4) is 0 Å². The molecule has 1 N–H and O–H groups in total. The monoisotopic (exact) mass is 323 g/mol. The number of carbonyl (C=O) groups is 1. The van der Waals surface area contributed by atoms with Gasteiger partial charge in [-0.1, -0.05) is 75.7 Å². The van der Waals surface area contributed by atoms with E-state index in [1.807, 2.05) is 0 Å². The molecule has 0 unspecified atom stereocenters. The van der Waals surface area contributed by atoms with E-state index in [0.717, 1.165) is 12.1 Å². The number of carbonyl (C=O) groups excluding carboxylic acids is 1. The molecule has 2 nitrogen and oxygen atoms in total. The molecule has 0 bridgehead atoms.